The molecule has 0 unspecified atom stereocenters. The summed E-state index contributed by atoms with van der Waals surface area (Å²) in [4.78, 5) is 27.9. The highest BCUT2D eigenvalue weighted by Crippen LogP contribution is 2.23. The van der Waals surface area contributed by atoms with Crippen molar-refractivity contribution in [3.8, 4) is 0 Å². The third kappa shape index (κ3) is 5.98. The van der Waals surface area contributed by atoms with Gasteiger partial charge in [-0.15, -0.1) is 11.3 Å². The number of anilines is 1. The molecule has 5 nitrogen and oxygen atoms in total. The smallest absolute Gasteiger partial charge is 0.268 e. The molecular formula is C28H26N2O3S. The van der Waals surface area contributed by atoms with Crippen LogP contribution in [0.4, 0.5) is 5.69 Å². The zero-order valence-corrected chi connectivity index (χ0v) is 19.8. The van der Waals surface area contributed by atoms with E-state index < -0.39 is 0 Å². The summed E-state index contributed by atoms with van der Waals surface area (Å²) in [5.41, 5.74) is 4.19. The summed E-state index contributed by atoms with van der Waals surface area (Å²) in [6.45, 7) is 1.42. The van der Waals surface area contributed by atoms with Crippen LogP contribution < -0.4 is 10.2 Å². The van der Waals surface area contributed by atoms with Crippen LogP contribution in [-0.4, -0.2) is 18.9 Å². The van der Waals surface area contributed by atoms with E-state index in [9.17, 15) is 9.59 Å². The maximum Gasteiger partial charge on any atom is 0.268 e. The third-order valence-electron chi connectivity index (χ3n) is 5.37. The van der Waals surface area contributed by atoms with Crippen LogP contribution in [0.3, 0.4) is 0 Å². The first-order chi connectivity index (χ1) is 16.6. The lowest BCUT2D eigenvalue weighted by molar-refractivity contribution is 0.0951. The van der Waals surface area contributed by atoms with Crippen molar-refractivity contribution < 1.29 is 14.3 Å². The molecular weight excluding hydrogens is 444 g/mol. The minimum absolute atomic E-state index is 0.140. The Labute approximate surface area is 203 Å². The van der Waals surface area contributed by atoms with E-state index in [1.807, 2.05) is 72.1 Å². The van der Waals surface area contributed by atoms with Crippen LogP contribution in [0.25, 0.3) is 0 Å². The highest BCUT2D eigenvalue weighted by atomic mass is 32.1. The number of carbonyl (C=O) groups is 2. The standard InChI is InChI=1S/C28H26N2O3S/c1-30(28(32)26-15-8-16-34-26)25-14-6-5-13-24(25)27(31)29-18-22-11-7-12-23(17-22)20-33-19-21-9-3-2-4-10-21/h2-17H,18-20H2,1H3,(H,29,31). The Kier molecular flexibility index (Phi) is 7.86. The van der Waals surface area contributed by atoms with Crippen molar-refractivity contribution in [3.63, 3.8) is 0 Å². The first kappa shape index (κ1) is 23.4. The fraction of sp³-hybridized carbons (Fsp3) is 0.143. The van der Waals surface area contributed by atoms with E-state index in [1.54, 1.807) is 31.3 Å². The van der Waals surface area contributed by atoms with Crippen LogP contribution in [0, 0.1) is 0 Å². The molecule has 0 saturated carbocycles. The van der Waals surface area contributed by atoms with Crippen molar-refractivity contribution in [2.24, 2.45) is 0 Å². The first-order valence-electron chi connectivity index (χ1n) is 11.0. The lowest BCUT2D eigenvalue weighted by atomic mass is 10.1. The molecule has 0 aliphatic rings. The van der Waals surface area contributed by atoms with Gasteiger partial charge in [-0.2, -0.15) is 0 Å². The maximum atomic E-state index is 13.0. The predicted molar refractivity (Wildman–Crippen MR) is 136 cm³/mol. The fourth-order valence-corrected chi connectivity index (χ4v) is 4.30. The largest absolute Gasteiger partial charge is 0.372 e. The van der Waals surface area contributed by atoms with Crippen molar-refractivity contribution in [2.45, 2.75) is 19.8 Å². The molecule has 1 N–H and O–H groups in total. The summed E-state index contributed by atoms with van der Waals surface area (Å²) in [7, 11) is 1.69. The molecule has 0 fully saturated rings. The topological polar surface area (TPSA) is 58.6 Å². The van der Waals surface area contributed by atoms with E-state index >= 15 is 0 Å². The van der Waals surface area contributed by atoms with E-state index in [4.69, 9.17) is 4.74 Å². The van der Waals surface area contributed by atoms with Crippen LogP contribution in [0.2, 0.25) is 0 Å². The number of nitrogens with zero attached hydrogens (tertiary/aromatic N) is 1. The molecule has 1 aromatic heterocycles. The number of hydrogen-bond donors (Lipinski definition) is 1. The minimum atomic E-state index is -0.229. The number of carbonyl (C=O) groups excluding carboxylic acids is 2. The van der Waals surface area contributed by atoms with Gasteiger partial charge in [0.2, 0.25) is 0 Å². The van der Waals surface area contributed by atoms with E-state index in [0.717, 1.165) is 16.7 Å². The second-order valence-electron chi connectivity index (χ2n) is 7.84. The SMILES string of the molecule is CN(C(=O)c1cccs1)c1ccccc1C(=O)NCc1cccc(COCc2ccccc2)c1. The van der Waals surface area contributed by atoms with Gasteiger partial charge < -0.3 is 15.0 Å². The molecule has 0 aliphatic carbocycles. The summed E-state index contributed by atoms with van der Waals surface area (Å²) in [6, 6.07) is 28.8. The quantitative estimate of drug-likeness (QED) is 0.343. The van der Waals surface area contributed by atoms with Gasteiger partial charge in [0.15, 0.2) is 0 Å². The lowest BCUT2D eigenvalue weighted by Crippen LogP contribution is -2.30. The maximum absolute atomic E-state index is 13.0. The van der Waals surface area contributed by atoms with Crippen molar-refractivity contribution in [1.29, 1.82) is 0 Å². The molecule has 4 aromatic rings. The molecule has 3 aromatic carbocycles. The predicted octanol–water partition coefficient (Wildman–Crippen LogP) is 5.67. The van der Waals surface area contributed by atoms with Gasteiger partial charge in [-0.25, -0.2) is 0 Å². The van der Waals surface area contributed by atoms with Crippen LogP contribution in [0.1, 0.15) is 36.7 Å². The second-order valence-corrected chi connectivity index (χ2v) is 8.79. The second kappa shape index (κ2) is 11.4. The number of ether oxygens (including phenoxy) is 1. The molecule has 0 aliphatic heterocycles. The van der Waals surface area contributed by atoms with Gasteiger partial charge in [-0.3, -0.25) is 9.59 Å². The summed E-state index contributed by atoms with van der Waals surface area (Å²) < 4.78 is 5.83. The van der Waals surface area contributed by atoms with Gasteiger partial charge >= 0.3 is 0 Å². The van der Waals surface area contributed by atoms with Gasteiger partial charge in [0.25, 0.3) is 11.8 Å². The molecule has 4 rings (SSSR count). The first-order valence-corrected chi connectivity index (χ1v) is 11.9. The number of rotatable bonds is 9. The molecule has 6 heteroatoms. The summed E-state index contributed by atoms with van der Waals surface area (Å²) >= 11 is 1.38. The minimum Gasteiger partial charge on any atom is -0.372 e. The van der Waals surface area contributed by atoms with Crippen LogP contribution in [-0.2, 0) is 24.5 Å². The molecule has 0 bridgehead atoms. The highest BCUT2D eigenvalue weighted by Gasteiger charge is 2.20. The molecule has 0 saturated heterocycles. The van der Waals surface area contributed by atoms with Gasteiger partial charge in [0, 0.05) is 13.6 Å². The average Bonchev–Trinajstić information content (AvgIpc) is 3.42. The van der Waals surface area contributed by atoms with E-state index in [-0.39, 0.29) is 11.8 Å². The Morgan fingerprint density at radius 3 is 2.32 bits per heavy atom. The normalized spacial score (nSPS) is 10.6. The van der Waals surface area contributed by atoms with Crippen LogP contribution >= 0.6 is 11.3 Å². The molecule has 34 heavy (non-hydrogen) atoms. The average molecular weight is 471 g/mol. The molecule has 172 valence electrons. The number of thiophene rings is 1. The molecule has 0 radical (unpaired) electrons. The van der Waals surface area contributed by atoms with Gasteiger partial charge in [-0.05, 0) is 40.3 Å². The van der Waals surface area contributed by atoms with Gasteiger partial charge in [-0.1, -0.05) is 72.8 Å². The monoisotopic (exact) mass is 470 g/mol. The van der Waals surface area contributed by atoms with Crippen molar-refractivity contribution in [2.75, 3.05) is 11.9 Å². The Bertz CT molecular complexity index is 1240. The fourth-order valence-electron chi connectivity index (χ4n) is 3.60. The lowest BCUT2D eigenvalue weighted by Gasteiger charge is -2.20. The molecule has 0 spiro atoms. The number of benzene rings is 3. The number of para-hydroxylation sites is 1. The van der Waals surface area contributed by atoms with Crippen LogP contribution in [0.5, 0.6) is 0 Å². The van der Waals surface area contributed by atoms with Gasteiger partial charge in [0.1, 0.15) is 0 Å². The Morgan fingerprint density at radius 1 is 0.824 bits per heavy atom. The van der Waals surface area contributed by atoms with E-state index in [2.05, 4.69) is 5.32 Å². The summed E-state index contributed by atoms with van der Waals surface area (Å²) in [6.07, 6.45) is 0. The van der Waals surface area contributed by atoms with Crippen LogP contribution in [0.15, 0.2) is 96.4 Å². The number of nitrogens with one attached hydrogen (secondary N) is 1. The van der Waals surface area contributed by atoms with Crippen molar-refractivity contribution in [1.82, 2.24) is 5.32 Å². The summed E-state index contributed by atoms with van der Waals surface area (Å²) in [5.74, 6) is -0.370. The summed E-state index contributed by atoms with van der Waals surface area (Å²) in [5, 5.41) is 4.84. The number of amides is 2. The third-order valence-corrected chi connectivity index (χ3v) is 6.23. The van der Waals surface area contributed by atoms with Crippen molar-refractivity contribution >= 4 is 28.8 Å². The Balaban J connectivity index is 1.37. The zero-order chi connectivity index (χ0) is 23.8. The Hall–Kier alpha value is -3.74. The van der Waals surface area contributed by atoms with Gasteiger partial charge in [0.05, 0.1) is 29.3 Å². The molecule has 0 atom stereocenters. The zero-order valence-electron chi connectivity index (χ0n) is 18.9. The number of hydrogen-bond acceptors (Lipinski definition) is 4. The molecule has 2 amide bonds. The van der Waals surface area contributed by atoms with E-state index in [1.165, 1.54) is 16.2 Å². The highest BCUT2D eigenvalue weighted by molar-refractivity contribution is 7.12. The Morgan fingerprint density at radius 2 is 1.53 bits per heavy atom. The molecule has 1 heterocycles. The van der Waals surface area contributed by atoms with Crippen molar-refractivity contribution in [3.05, 3.63) is 124 Å². The van der Waals surface area contributed by atoms with E-state index in [0.29, 0.717) is 35.9 Å².